The molecule has 7 aliphatic heterocycles. The molecule has 8 heterocycles. The van der Waals surface area contributed by atoms with Gasteiger partial charge in [-0.15, -0.1) is 0 Å². The molecule has 1 aromatic heterocycles. The van der Waals surface area contributed by atoms with Crippen LogP contribution in [0.25, 0.3) is 0 Å². The molecule has 1 aromatic carbocycles. The number of nitrogens with one attached hydrogen (secondary N) is 1. The fourth-order valence-corrected chi connectivity index (χ4v) is 28.4. The molecular formula is C74H92N2O11. The van der Waals surface area contributed by atoms with Gasteiger partial charge in [-0.05, 0) is 196 Å². The number of aliphatic hydroxyl groups is 3. The minimum Gasteiger partial charge on any atom is -0.469 e. The van der Waals surface area contributed by atoms with Crippen LogP contribution in [-0.4, -0.2) is 106 Å². The minimum atomic E-state index is -1.50. The molecule has 4 N–H and O–H groups in total. The number of ketones is 1. The molecule has 5 saturated heterocycles. The first kappa shape index (κ1) is 54.6. The highest BCUT2D eigenvalue weighted by Crippen LogP contribution is 2.91. The maximum Gasteiger partial charge on any atom is 0.339 e. The fraction of sp³-hybridized carbons (Fsp3) is 0.743. The number of cyclic esters (lactones) is 2. The van der Waals surface area contributed by atoms with Gasteiger partial charge in [0.2, 0.25) is 0 Å². The van der Waals surface area contributed by atoms with Gasteiger partial charge < -0.3 is 43.6 Å². The molecule has 0 amide bonds. The maximum atomic E-state index is 17.7. The smallest absolute Gasteiger partial charge is 0.339 e. The standard InChI is InChI=1S/C74H92N2O11/c1-40-50-16-7-13-43(50)19-25-68(40)23-9-24-71-57(68)32-49-31-47-15-8-22-69(47)35-46-34-67(2)63(52-21-27-83-56(52)33-53(55(78)37-77)44-17-18-51-45(30-44)20-26-76-39-75-36-54(51)76)85-66(82)64-74(67,86-64)72(48-14-6-12-42(29-48)28-41-10-4-3-5-11-41)59(46)70(60(71)58(79)62(72)80)38-84-65(81)61(69)73(49,70)87-71/h3-5,9-11,20-21,23,26-27,32,40,42-48,50-51,53-55,57,59-64,75,77-78,80H,6-8,12-19,22,24-25,28-31,33-39H2,1-2H3/t40-,42-,43+,44-,45-,46+,47-,48+,50-,51+,53+,54+,55-,57+,59-,60+,61+,62-,63+,64-,67+,68+,69+,70-,71+,72+,73+,74-/m1/s1. The molecule has 28 atom stereocenters. The second-order valence-electron chi connectivity index (χ2n) is 33.0. The van der Waals surface area contributed by atoms with Crippen LogP contribution in [0, 0.1) is 116 Å². The number of fused-ring (bicyclic) bond motifs is 5. The number of epoxide rings is 1. The monoisotopic (exact) mass is 1180 g/mol. The Hall–Kier alpha value is -4.11. The number of hydrogen-bond acceptors (Lipinski definition) is 13. The van der Waals surface area contributed by atoms with E-state index in [0.29, 0.717) is 60.7 Å². The van der Waals surface area contributed by atoms with Gasteiger partial charge in [-0.3, -0.25) is 14.9 Å². The first-order valence-electron chi connectivity index (χ1n) is 35.1. The van der Waals surface area contributed by atoms with Gasteiger partial charge >= 0.3 is 11.9 Å². The van der Waals surface area contributed by atoms with Crippen molar-refractivity contribution in [2.75, 3.05) is 26.4 Å². The minimum absolute atomic E-state index is 0.0538. The molecule has 5 bridgehead atoms. The van der Waals surface area contributed by atoms with E-state index in [0.717, 1.165) is 115 Å². The molecule has 0 unspecified atom stereocenters. The van der Waals surface area contributed by atoms with Crippen LogP contribution in [-0.2, 0) is 46.2 Å². The van der Waals surface area contributed by atoms with E-state index in [-0.39, 0.29) is 71.8 Å². The lowest BCUT2D eigenvalue weighted by Crippen LogP contribution is -2.82. The molecule has 13 nitrogen and oxygen atoms in total. The van der Waals surface area contributed by atoms with E-state index in [1.807, 2.05) is 6.07 Å². The summed E-state index contributed by atoms with van der Waals surface area (Å²) in [7, 11) is 0. The highest BCUT2D eigenvalue weighted by molar-refractivity contribution is 5.94. The van der Waals surface area contributed by atoms with Crippen LogP contribution in [0.5, 0.6) is 0 Å². The molecule has 0 radical (unpaired) electrons. The maximum absolute atomic E-state index is 17.7. The molecule has 19 rings (SSSR count). The van der Waals surface area contributed by atoms with Crippen molar-refractivity contribution in [1.82, 2.24) is 10.2 Å². The zero-order valence-corrected chi connectivity index (χ0v) is 51.2. The Balaban J connectivity index is 0.801. The lowest BCUT2D eigenvalue weighted by molar-refractivity contribution is -0.301. The van der Waals surface area contributed by atoms with E-state index in [9.17, 15) is 15.3 Å². The van der Waals surface area contributed by atoms with E-state index in [1.54, 1.807) is 6.26 Å². The average Bonchev–Trinajstić information content (AvgIpc) is 1.44. The zero-order valence-electron chi connectivity index (χ0n) is 51.2. The molecule has 9 saturated carbocycles. The van der Waals surface area contributed by atoms with E-state index in [2.05, 4.69) is 84.9 Å². The van der Waals surface area contributed by atoms with Crippen LogP contribution in [0.2, 0.25) is 0 Å². The van der Waals surface area contributed by atoms with Gasteiger partial charge in [0.25, 0.3) is 0 Å². The number of benzene rings is 1. The Morgan fingerprint density at radius 2 is 1.74 bits per heavy atom. The van der Waals surface area contributed by atoms with Crippen LogP contribution in [0.4, 0.5) is 0 Å². The summed E-state index contributed by atoms with van der Waals surface area (Å²) in [4.78, 5) is 51.9. The third kappa shape index (κ3) is 6.35. The van der Waals surface area contributed by atoms with E-state index in [1.165, 1.54) is 30.4 Å². The number of carbonyl (C=O) groups excluding carboxylic acids is 3. The van der Waals surface area contributed by atoms with Crippen molar-refractivity contribution in [2.45, 2.75) is 196 Å². The number of ether oxygens (including phenoxy) is 4. The van der Waals surface area contributed by atoms with Gasteiger partial charge in [0.05, 0.1) is 48.5 Å². The van der Waals surface area contributed by atoms with Crippen LogP contribution in [0.3, 0.4) is 0 Å². The van der Waals surface area contributed by atoms with E-state index in [4.69, 9.17) is 23.4 Å². The molecule has 10 aliphatic carbocycles. The number of nitrogens with zero attached hydrogens (tertiary/aromatic N) is 1. The molecule has 14 fully saturated rings. The Labute approximate surface area is 512 Å². The van der Waals surface area contributed by atoms with Crippen molar-refractivity contribution in [3.8, 4) is 0 Å². The SMILES string of the molecule is C[C@@H]1[C@H]2CCC[C@H]2CC[C@@]12C=CC[C@]13O[C@]45C(=C[C@@H]21)C[C@H]1CCC[C@]12C[C@@H]1C[C@@]6(C)[C@H](c7ccoc7C[C@@H]([C@@H]7CC[C@H]8[C@H](C=CN9CNC[C@@H]89)C7)[C@H](O)CO)OC(=O)[C@H]7O[C@]76[C@]6([C@H]7CCC[C@H](Cc8ccccc8)C7)[C@H](O)C(=O)[C@H]3[C@@]4(COC(=O)[C@@H]25)[C@@H]16. The molecule has 2 aromatic rings. The summed E-state index contributed by atoms with van der Waals surface area (Å²) in [5, 5.41) is 41.4. The highest BCUT2D eigenvalue weighted by atomic mass is 16.7. The third-order valence-electron chi connectivity index (χ3n) is 30.9. The van der Waals surface area contributed by atoms with Crippen molar-refractivity contribution < 1.29 is 53.1 Å². The van der Waals surface area contributed by atoms with Crippen molar-refractivity contribution in [3.05, 3.63) is 95.6 Å². The predicted molar refractivity (Wildman–Crippen MR) is 319 cm³/mol. The summed E-state index contributed by atoms with van der Waals surface area (Å²) in [5.41, 5.74) is -4.32. The Morgan fingerprint density at radius 3 is 2.61 bits per heavy atom. The molecule has 13 heteroatoms. The van der Waals surface area contributed by atoms with Gasteiger partial charge in [-0.25, -0.2) is 4.79 Å². The van der Waals surface area contributed by atoms with Gasteiger partial charge in [0, 0.05) is 46.7 Å². The Kier molecular flexibility index (Phi) is 11.5. The van der Waals surface area contributed by atoms with Crippen LogP contribution < -0.4 is 5.32 Å². The molecular weight excluding hydrogens is 1090 g/mol. The normalized spacial score (nSPS) is 53.5. The predicted octanol–water partition coefficient (Wildman–Crippen LogP) is 10.2. The van der Waals surface area contributed by atoms with Gasteiger partial charge in [0.15, 0.2) is 11.9 Å². The van der Waals surface area contributed by atoms with E-state index < -0.39 is 86.6 Å². The third-order valence-corrected chi connectivity index (χ3v) is 30.9. The molecule has 464 valence electrons. The lowest BCUT2D eigenvalue weighted by Gasteiger charge is -2.73. The summed E-state index contributed by atoms with van der Waals surface area (Å²) >= 11 is 0. The molecule has 87 heavy (non-hydrogen) atoms. The van der Waals surface area contributed by atoms with Crippen LogP contribution in [0.15, 0.2) is 83.2 Å². The number of hydrogen-bond donors (Lipinski definition) is 4. The first-order valence-corrected chi connectivity index (χ1v) is 35.1. The first-order chi connectivity index (χ1) is 42.2. The zero-order chi connectivity index (χ0) is 58.6. The Bertz CT molecular complexity index is 3320. The topological polar surface area (TPSA) is 181 Å². The summed E-state index contributed by atoms with van der Waals surface area (Å²) < 4.78 is 37.2. The summed E-state index contributed by atoms with van der Waals surface area (Å²) in [6.07, 6.45) is 28.7. The second kappa shape index (κ2) is 18.3. The fourth-order valence-electron chi connectivity index (χ4n) is 28.4. The number of furan rings is 1. The van der Waals surface area contributed by atoms with Crippen molar-refractivity contribution in [2.24, 2.45) is 116 Å². The van der Waals surface area contributed by atoms with Crippen molar-refractivity contribution in [1.29, 1.82) is 0 Å². The van der Waals surface area contributed by atoms with Gasteiger partial charge in [-0.1, -0.05) is 101 Å². The average molecular weight is 1190 g/mol. The Morgan fingerprint density at radius 1 is 0.874 bits per heavy atom. The quantitative estimate of drug-likeness (QED) is 0.106. The number of esters is 2. The van der Waals surface area contributed by atoms with Crippen LogP contribution in [0.1, 0.15) is 159 Å². The van der Waals surface area contributed by atoms with Crippen molar-refractivity contribution >= 4 is 17.7 Å². The van der Waals surface area contributed by atoms with Crippen molar-refractivity contribution in [3.63, 3.8) is 0 Å². The molecule has 17 aliphatic rings. The lowest BCUT2D eigenvalue weighted by atomic mass is 9.29. The van der Waals surface area contributed by atoms with E-state index >= 15 is 14.4 Å². The number of carbonyl (C=O) groups is 3. The summed E-state index contributed by atoms with van der Waals surface area (Å²) in [6.45, 7) is 6.33. The number of aliphatic hydroxyl groups excluding tert-OH is 3. The highest BCUT2D eigenvalue weighted by Gasteiger charge is 2.99. The summed E-state index contributed by atoms with van der Waals surface area (Å²) in [6, 6.07) is 13.2. The molecule has 6 spiro atoms. The number of rotatable bonds is 9. The number of allylic oxidation sites excluding steroid dienone is 2. The number of Topliss-reactive ketones (excluding diaryl/α,β-unsaturated/α-hetero) is 1. The second-order valence-corrected chi connectivity index (χ2v) is 33.0. The summed E-state index contributed by atoms with van der Waals surface area (Å²) in [5.74, 6) is 0.407. The van der Waals surface area contributed by atoms with Crippen LogP contribution >= 0.6 is 0 Å². The largest absolute Gasteiger partial charge is 0.469 e. The van der Waals surface area contributed by atoms with Gasteiger partial charge in [0.1, 0.15) is 35.8 Å². The van der Waals surface area contributed by atoms with Gasteiger partial charge in [-0.2, -0.15) is 0 Å².